The first kappa shape index (κ1) is 15.0. The molecule has 0 saturated carbocycles. The zero-order valence-electron chi connectivity index (χ0n) is 13.2. The lowest BCUT2D eigenvalue weighted by atomic mass is 10.1. The molecular weight excluding hydrogens is 282 g/mol. The van der Waals surface area contributed by atoms with Crippen molar-refractivity contribution in [3.8, 4) is 0 Å². The SMILES string of the molecule is C=C(CN(C)C(=O)c1ccc2ccccc2c1)c1ccccc1. The van der Waals surface area contributed by atoms with Gasteiger partial charge in [0.15, 0.2) is 0 Å². The minimum atomic E-state index is 0.00725. The van der Waals surface area contributed by atoms with Gasteiger partial charge in [0.05, 0.1) is 0 Å². The quantitative estimate of drug-likeness (QED) is 0.688. The molecule has 0 unspecified atom stereocenters. The molecule has 3 aromatic rings. The third-order valence-electron chi connectivity index (χ3n) is 3.95. The van der Waals surface area contributed by atoms with Crippen molar-refractivity contribution in [2.45, 2.75) is 0 Å². The van der Waals surface area contributed by atoms with Crippen molar-refractivity contribution in [2.24, 2.45) is 0 Å². The van der Waals surface area contributed by atoms with E-state index >= 15 is 0 Å². The van der Waals surface area contributed by atoms with Gasteiger partial charge in [0.2, 0.25) is 0 Å². The normalized spacial score (nSPS) is 10.5. The maximum absolute atomic E-state index is 12.6. The maximum atomic E-state index is 12.6. The van der Waals surface area contributed by atoms with E-state index in [4.69, 9.17) is 0 Å². The number of benzene rings is 3. The molecule has 0 saturated heterocycles. The molecule has 2 heteroatoms. The first-order chi connectivity index (χ1) is 11.1. The molecule has 0 aliphatic rings. The van der Waals surface area contributed by atoms with Crippen LogP contribution < -0.4 is 0 Å². The number of rotatable bonds is 4. The van der Waals surface area contributed by atoms with Crippen LogP contribution in [0.15, 0.2) is 79.4 Å². The van der Waals surface area contributed by atoms with E-state index in [-0.39, 0.29) is 5.91 Å². The number of hydrogen-bond acceptors (Lipinski definition) is 1. The molecule has 0 heterocycles. The molecule has 114 valence electrons. The van der Waals surface area contributed by atoms with Gasteiger partial charge in [-0.15, -0.1) is 0 Å². The summed E-state index contributed by atoms with van der Waals surface area (Å²) in [6, 6.07) is 23.8. The highest BCUT2D eigenvalue weighted by atomic mass is 16.2. The predicted octanol–water partition coefficient (Wildman–Crippen LogP) is 4.63. The molecule has 0 N–H and O–H groups in total. The number of hydrogen-bond donors (Lipinski definition) is 0. The van der Waals surface area contributed by atoms with Gasteiger partial charge in [-0.05, 0) is 34.0 Å². The lowest BCUT2D eigenvalue weighted by Crippen LogP contribution is -2.28. The molecule has 0 radical (unpaired) electrons. The second kappa shape index (κ2) is 6.49. The Bertz CT molecular complexity index is 852. The first-order valence-corrected chi connectivity index (χ1v) is 7.62. The van der Waals surface area contributed by atoms with Crippen LogP contribution in [0.1, 0.15) is 15.9 Å². The standard InChI is InChI=1S/C21H19NO/c1-16(17-8-4-3-5-9-17)15-22(2)21(23)20-13-12-18-10-6-7-11-19(18)14-20/h3-14H,1,15H2,2H3. The van der Waals surface area contributed by atoms with Gasteiger partial charge in [-0.2, -0.15) is 0 Å². The molecule has 0 fully saturated rings. The molecule has 0 aromatic heterocycles. The van der Waals surface area contributed by atoms with Crippen LogP contribution >= 0.6 is 0 Å². The zero-order chi connectivity index (χ0) is 16.2. The molecule has 3 aromatic carbocycles. The Morgan fingerprint density at radius 2 is 1.52 bits per heavy atom. The van der Waals surface area contributed by atoms with Crippen molar-refractivity contribution in [1.82, 2.24) is 4.90 Å². The van der Waals surface area contributed by atoms with Crippen molar-refractivity contribution >= 4 is 22.3 Å². The molecule has 0 spiro atoms. The van der Waals surface area contributed by atoms with E-state index in [2.05, 4.69) is 6.58 Å². The van der Waals surface area contributed by atoms with Crippen LogP contribution in [0.3, 0.4) is 0 Å². The Balaban J connectivity index is 1.77. The second-order valence-corrected chi connectivity index (χ2v) is 5.69. The molecule has 0 bridgehead atoms. The smallest absolute Gasteiger partial charge is 0.253 e. The van der Waals surface area contributed by atoms with E-state index in [1.807, 2.05) is 79.8 Å². The number of likely N-dealkylation sites (N-methyl/N-ethyl adjacent to an activating group) is 1. The molecule has 0 atom stereocenters. The van der Waals surface area contributed by atoms with E-state index in [9.17, 15) is 4.79 Å². The molecule has 3 rings (SSSR count). The summed E-state index contributed by atoms with van der Waals surface area (Å²) in [4.78, 5) is 14.3. The van der Waals surface area contributed by atoms with Gasteiger partial charge in [0.25, 0.3) is 5.91 Å². The Labute approximate surface area is 136 Å². The van der Waals surface area contributed by atoms with Crippen molar-refractivity contribution in [3.63, 3.8) is 0 Å². The third kappa shape index (κ3) is 3.32. The fourth-order valence-electron chi connectivity index (χ4n) is 2.67. The highest BCUT2D eigenvalue weighted by molar-refractivity contribution is 5.99. The molecular formula is C21H19NO. The average Bonchev–Trinajstić information content (AvgIpc) is 2.61. The van der Waals surface area contributed by atoms with Gasteiger partial charge in [-0.25, -0.2) is 0 Å². The molecule has 23 heavy (non-hydrogen) atoms. The molecule has 2 nitrogen and oxygen atoms in total. The summed E-state index contributed by atoms with van der Waals surface area (Å²) < 4.78 is 0. The summed E-state index contributed by atoms with van der Waals surface area (Å²) in [5.41, 5.74) is 2.69. The predicted molar refractivity (Wildman–Crippen MR) is 96.4 cm³/mol. The lowest BCUT2D eigenvalue weighted by Gasteiger charge is -2.19. The zero-order valence-corrected chi connectivity index (χ0v) is 13.2. The number of carbonyl (C=O) groups is 1. The monoisotopic (exact) mass is 301 g/mol. The topological polar surface area (TPSA) is 20.3 Å². The van der Waals surface area contributed by atoms with Gasteiger partial charge < -0.3 is 4.90 Å². The number of nitrogens with zero attached hydrogens (tertiary/aromatic N) is 1. The first-order valence-electron chi connectivity index (χ1n) is 7.62. The Kier molecular flexibility index (Phi) is 4.24. The van der Waals surface area contributed by atoms with Crippen molar-refractivity contribution < 1.29 is 4.79 Å². The Morgan fingerprint density at radius 1 is 0.870 bits per heavy atom. The third-order valence-corrected chi connectivity index (χ3v) is 3.95. The minimum absolute atomic E-state index is 0.00725. The highest BCUT2D eigenvalue weighted by Crippen LogP contribution is 2.18. The Hall–Kier alpha value is -2.87. The largest absolute Gasteiger partial charge is 0.337 e. The maximum Gasteiger partial charge on any atom is 0.253 e. The highest BCUT2D eigenvalue weighted by Gasteiger charge is 2.13. The number of amides is 1. The van der Waals surface area contributed by atoms with Crippen molar-refractivity contribution in [1.29, 1.82) is 0 Å². The van der Waals surface area contributed by atoms with E-state index in [1.54, 1.807) is 4.90 Å². The van der Waals surface area contributed by atoms with E-state index in [0.717, 1.165) is 21.9 Å². The van der Waals surface area contributed by atoms with Gasteiger partial charge >= 0.3 is 0 Å². The summed E-state index contributed by atoms with van der Waals surface area (Å²) in [5, 5.41) is 2.22. The van der Waals surface area contributed by atoms with Crippen LogP contribution in [-0.4, -0.2) is 24.4 Å². The molecule has 1 amide bonds. The number of fused-ring (bicyclic) bond motifs is 1. The summed E-state index contributed by atoms with van der Waals surface area (Å²) in [7, 11) is 1.81. The Morgan fingerprint density at radius 3 is 2.26 bits per heavy atom. The number of carbonyl (C=O) groups excluding carboxylic acids is 1. The fourth-order valence-corrected chi connectivity index (χ4v) is 2.67. The summed E-state index contributed by atoms with van der Waals surface area (Å²) in [5.74, 6) is 0.00725. The average molecular weight is 301 g/mol. The fraction of sp³-hybridized carbons (Fsp3) is 0.0952. The van der Waals surface area contributed by atoms with Crippen LogP contribution in [0.2, 0.25) is 0 Å². The van der Waals surface area contributed by atoms with Crippen molar-refractivity contribution in [3.05, 3.63) is 90.5 Å². The minimum Gasteiger partial charge on any atom is -0.337 e. The van der Waals surface area contributed by atoms with Gasteiger partial charge in [0.1, 0.15) is 0 Å². The van der Waals surface area contributed by atoms with E-state index in [0.29, 0.717) is 12.1 Å². The van der Waals surface area contributed by atoms with Crippen molar-refractivity contribution in [2.75, 3.05) is 13.6 Å². The van der Waals surface area contributed by atoms with Gasteiger partial charge in [-0.1, -0.05) is 67.2 Å². The van der Waals surface area contributed by atoms with Crippen LogP contribution in [0.4, 0.5) is 0 Å². The second-order valence-electron chi connectivity index (χ2n) is 5.69. The van der Waals surface area contributed by atoms with E-state index < -0.39 is 0 Å². The van der Waals surface area contributed by atoms with Crippen LogP contribution in [-0.2, 0) is 0 Å². The van der Waals surface area contributed by atoms with Crippen LogP contribution in [0.5, 0.6) is 0 Å². The summed E-state index contributed by atoms with van der Waals surface area (Å²) >= 11 is 0. The lowest BCUT2D eigenvalue weighted by molar-refractivity contribution is 0.0813. The molecule has 0 aliphatic heterocycles. The van der Waals surface area contributed by atoms with Crippen LogP contribution in [0, 0.1) is 0 Å². The van der Waals surface area contributed by atoms with Gasteiger partial charge in [0, 0.05) is 19.2 Å². The van der Waals surface area contributed by atoms with E-state index in [1.165, 1.54) is 0 Å². The van der Waals surface area contributed by atoms with Gasteiger partial charge in [-0.3, -0.25) is 4.79 Å². The summed E-state index contributed by atoms with van der Waals surface area (Å²) in [6.45, 7) is 4.61. The molecule has 0 aliphatic carbocycles. The summed E-state index contributed by atoms with van der Waals surface area (Å²) in [6.07, 6.45) is 0. The van der Waals surface area contributed by atoms with Crippen LogP contribution in [0.25, 0.3) is 16.3 Å².